The summed E-state index contributed by atoms with van der Waals surface area (Å²) >= 11 is 1.16. The zero-order chi connectivity index (χ0) is 23.2. The minimum Gasteiger partial charge on any atom is -0.496 e. The lowest BCUT2D eigenvalue weighted by Gasteiger charge is -2.41. The van der Waals surface area contributed by atoms with Gasteiger partial charge in [-0.25, -0.2) is 0 Å². The molecule has 2 atom stereocenters. The Morgan fingerprint density at radius 1 is 1.18 bits per heavy atom. The zero-order valence-corrected chi connectivity index (χ0v) is 19.7. The van der Waals surface area contributed by atoms with Crippen molar-refractivity contribution in [1.82, 2.24) is 14.3 Å². The molecule has 0 radical (unpaired) electrons. The van der Waals surface area contributed by atoms with E-state index in [9.17, 15) is 9.59 Å². The average Bonchev–Trinajstić information content (AvgIpc) is 3.32. The fourth-order valence-electron chi connectivity index (χ4n) is 4.29. The van der Waals surface area contributed by atoms with Crippen LogP contribution in [0.15, 0.2) is 54.6 Å². The third kappa shape index (κ3) is 5.06. The first-order valence-electron chi connectivity index (χ1n) is 11.2. The lowest BCUT2D eigenvalue weighted by atomic mass is 9.83. The molecule has 1 aliphatic heterocycles. The number of carbonyl (C=O) groups is 2. The second-order valence-electron chi connectivity index (χ2n) is 8.05. The molecule has 1 aliphatic rings. The Morgan fingerprint density at radius 2 is 1.94 bits per heavy atom. The normalized spacial score (nSPS) is 18.2. The fourth-order valence-corrected chi connectivity index (χ4v) is 4.88. The standard InChI is InChI=1S/C25H28N4O3S/c1-3-4-16-29-21(30)15-14-19(22(29)18-12-8-9-13-20(18)32-2)24(31)27-25-26-23(28-33-25)17-10-6-5-7-11-17/h5-13,19,22H,3-4,14-16H2,1-2H3,(H,26,27,28,31). The molecule has 1 saturated heterocycles. The van der Waals surface area contributed by atoms with Crippen LogP contribution in [0.3, 0.4) is 0 Å². The number of benzene rings is 2. The Morgan fingerprint density at radius 3 is 2.70 bits per heavy atom. The molecule has 2 aromatic carbocycles. The zero-order valence-electron chi connectivity index (χ0n) is 18.9. The van der Waals surface area contributed by atoms with Gasteiger partial charge in [-0.3, -0.25) is 9.59 Å². The van der Waals surface area contributed by atoms with Gasteiger partial charge in [0.25, 0.3) is 0 Å². The summed E-state index contributed by atoms with van der Waals surface area (Å²) in [5.74, 6) is 0.764. The summed E-state index contributed by atoms with van der Waals surface area (Å²) in [5.41, 5.74) is 1.75. The molecule has 172 valence electrons. The Balaban J connectivity index is 1.62. The lowest BCUT2D eigenvalue weighted by molar-refractivity contribution is -0.142. The van der Waals surface area contributed by atoms with E-state index in [0.717, 1.165) is 35.5 Å². The SMILES string of the molecule is CCCCN1C(=O)CCC(C(=O)Nc2nc(-c3ccccc3)ns2)C1c1ccccc1OC. The van der Waals surface area contributed by atoms with Crippen molar-refractivity contribution in [3.8, 4) is 17.1 Å². The van der Waals surface area contributed by atoms with Crippen molar-refractivity contribution in [3.63, 3.8) is 0 Å². The number of ether oxygens (including phenoxy) is 1. The highest BCUT2D eigenvalue weighted by Gasteiger charge is 2.41. The van der Waals surface area contributed by atoms with Gasteiger partial charge < -0.3 is 15.0 Å². The van der Waals surface area contributed by atoms with Crippen molar-refractivity contribution >= 4 is 28.5 Å². The Kier molecular flexibility index (Phi) is 7.34. The Labute approximate surface area is 198 Å². The molecular formula is C25H28N4O3S. The third-order valence-electron chi connectivity index (χ3n) is 5.94. The second-order valence-corrected chi connectivity index (χ2v) is 8.80. The molecule has 2 heterocycles. The van der Waals surface area contributed by atoms with E-state index in [1.807, 2.05) is 59.5 Å². The van der Waals surface area contributed by atoms with Crippen LogP contribution in [0.1, 0.15) is 44.2 Å². The number of hydrogen-bond acceptors (Lipinski definition) is 6. The van der Waals surface area contributed by atoms with Gasteiger partial charge in [0.1, 0.15) is 5.75 Å². The van der Waals surface area contributed by atoms with Crippen LogP contribution in [0, 0.1) is 5.92 Å². The van der Waals surface area contributed by atoms with Crippen LogP contribution in [0.2, 0.25) is 0 Å². The Hall–Kier alpha value is -3.26. The number of anilines is 1. The van der Waals surface area contributed by atoms with Crippen LogP contribution >= 0.6 is 11.5 Å². The molecule has 1 fully saturated rings. The van der Waals surface area contributed by atoms with E-state index in [0.29, 0.717) is 36.1 Å². The molecule has 0 saturated carbocycles. The summed E-state index contributed by atoms with van der Waals surface area (Å²) < 4.78 is 9.98. The van der Waals surface area contributed by atoms with Crippen LogP contribution in [0.25, 0.3) is 11.4 Å². The van der Waals surface area contributed by atoms with E-state index < -0.39 is 12.0 Å². The number of para-hydroxylation sites is 1. The molecule has 0 aliphatic carbocycles. The quantitative estimate of drug-likeness (QED) is 0.511. The van der Waals surface area contributed by atoms with Crippen molar-refractivity contribution < 1.29 is 14.3 Å². The first kappa shape index (κ1) is 22.9. The molecule has 0 bridgehead atoms. The number of amides is 2. The van der Waals surface area contributed by atoms with E-state index in [4.69, 9.17) is 4.74 Å². The van der Waals surface area contributed by atoms with Gasteiger partial charge >= 0.3 is 0 Å². The molecule has 3 aromatic rings. The lowest BCUT2D eigenvalue weighted by Crippen LogP contribution is -2.47. The highest BCUT2D eigenvalue weighted by molar-refractivity contribution is 7.10. The van der Waals surface area contributed by atoms with Crippen molar-refractivity contribution in [1.29, 1.82) is 0 Å². The number of piperidine rings is 1. The van der Waals surface area contributed by atoms with E-state index in [1.54, 1.807) is 7.11 Å². The number of likely N-dealkylation sites (tertiary alicyclic amines) is 1. The van der Waals surface area contributed by atoms with Gasteiger partial charge in [-0.2, -0.15) is 9.36 Å². The fraction of sp³-hybridized carbons (Fsp3) is 0.360. The van der Waals surface area contributed by atoms with Gasteiger partial charge in [0.2, 0.25) is 16.9 Å². The largest absolute Gasteiger partial charge is 0.496 e. The highest BCUT2D eigenvalue weighted by atomic mass is 32.1. The van der Waals surface area contributed by atoms with E-state index in [1.165, 1.54) is 0 Å². The van der Waals surface area contributed by atoms with Gasteiger partial charge in [0.05, 0.1) is 19.1 Å². The number of aromatic nitrogens is 2. The van der Waals surface area contributed by atoms with E-state index in [2.05, 4.69) is 21.6 Å². The van der Waals surface area contributed by atoms with Crippen molar-refractivity contribution in [2.45, 2.75) is 38.6 Å². The second kappa shape index (κ2) is 10.6. The van der Waals surface area contributed by atoms with E-state index >= 15 is 0 Å². The predicted molar refractivity (Wildman–Crippen MR) is 129 cm³/mol. The van der Waals surface area contributed by atoms with Crippen LogP contribution < -0.4 is 10.1 Å². The minimum atomic E-state index is -0.417. The predicted octanol–water partition coefficient (Wildman–Crippen LogP) is 4.93. The number of nitrogens with zero attached hydrogens (tertiary/aromatic N) is 3. The number of rotatable bonds is 8. The molecule has 1 N–H and O–H groups in total. The van der Waals surface area contributed by atoms with Crippen molar-refractivity contribution in [2.24, 2.45) is 5.92 Å². The van der Waals surface area contributed by atoms with Gasteiger partial charge in [0.15, 0.2) is 5.82 Å². The highest BCUT2D eigenvalue weighted by Crippen LogP contribution is 2.41. The number of unbranched alkanes of at least 4 members (excludes halogenated alkanes) is 1. The molecule has 2 unspecified atom stereocenters. The van der Waals surface area contributed by atoms with Gasteiger partial charge in [-0.15, -0.1) is 0 Å². The van der Waals surface area contributed by atoms with Crippen molar-refractivity contribution in [2.75, 3.05) is 19.0 Å². The summed E-state index contributed by atoms with van der Waals surface area (Å²) in [5, 5.41) is 3.41. The van der Waals surface area contributed by atoms with Crippen molar-refractivity contribution in [3.05, 3.63) is 60.2 Å². The van der Waals surface area contributed by atoms with Gasteiger partial charge in [0, 0.05) is 35.6 Å². The minimum absolute atomic E-state index is 0.0747. The molecule has 33 heavy (non-hydrogen) atoms. The molecular weight excluding hydrogens is 436 g/mol. The number of hydrogen-bond donors (Lipinski definition) is 1. The summed E-state index contributed by atoms with van der Waals surface area (Å²) in [6, 6.07) is 16.9. The number of methoxy groups -OCH3 is 1. The van der Waals surface area contributed by atoms with Crippen LogP contribution in [0.5, 0.6) is 5.75 Å². The molecule has 7 nitrogen and oxygen atoms in total. The van der Waals surface area contributed by atoms with Crippen LogP contribution in [-0.4, -0.2) is 39.7 Å². The molecule has 2 amide bonds. The molecule has 0 spiro atoms. The average molecular weight is 465 g/mol. The summed E-state index contributed by atoms with van der Waals surface area (Å²) in [6.45, 7) is 2.70. The molecule has 1 aromatic heterocycles. The van der Waals surface area contributed by atoms with Gasteiger partial charge in [-0.05, 0) is 18.9 Å². The van der Waals surface area contributed by atoms with E-state index in [-0.39, 0.29) is 11.8 Å². The third-order valence-corrected chi connectivity index (χ3v) is 6.57. The topological polar surface area (TPSA) is 84.4 Å². The monoisotopic (exact) mass is 464 g/mol. The van der Waals surface area contributed by atoms with Crippen LogP contribution in [0.4, 0.5) is 5.13 Å². The first-order valence-corrected chi connectivity index (χ1v) is 12.0. The summed E-state index contributed by atoms with van der Waals surface area (Å²) in [6.07, 6.45) is 2.66. The summed E-state index contributed by atoms with van der Waals surface area (Å²) in [7, 11) is 1.61. The first-order chi connectivity index (χ1) is 16.1. The summed E-state index contributed by atoms with van der Waals surface area (Å²) in [4.78, 5) is 32.7. The van der Waals surface area contributed by atoms with Gasteiger partial charge in [-0.1, -0.05) is 61.9 Å². The Bertz CT molecular complexity index is 1100. The maximum absolute atomic E-state index is 13.5. The molecule has 4 rings (SSSR count). The number of nitrogens with one attached hydrogen (secondary N) is 1. The maximum atomic E-state index is 13.5. The van der Waals surface area contributed by atoms with Crippen LogP contribution in [-0.2, 0) is 9.59 Å². The smallest absolute Gasteiger partial charge is 0.231 e. The number of carbonyl (C=O) groups excluding carboxylic acids is 2. The molecule has 8 heteroatoms. The maximum Gasteiger partial charge on any atom is 0.231 e.